The third kappa shape index (κ3) is 6.39. The van der Waals surface area contributed by atoms with Gasteiger partial charge in [0, 0.05) is 13.1 Å². The van der Waals surface area contributed by atoms with Gasteiger partial charge in [0.2, 0.25) is 0 Å². The molecule has 0 amide bonds. The molecule has 0 aliphatic carbocycles. The van der Waals surface area contributed by atoms with E-state index < -0.39 is 23.6 Å². The van der Waals surface area contributed by atoms with E-state index in [0.29, 0.717) is 6.08 Å². The van der Waals surface area contributed by atoms with Gasteiger partial charge in [0.05, 0.1) is 12.3 Å². The minimum Gasteiger partial charge on any atom is -0.463 e. The summed E-state index contributed by atoms with van der Waals surface area (Å²) in [6.07, 6.45) is -2.15. The van der Waals surface area contributed by atoms with Gasteiger partial charge in [0.1, 0.15) is 5.70 Å². The zero-order chi connectivity index (χ0) is 13.5. The van der Waals surface area contributed by atoms with Crippen LogP contribution in [0, 0.1) is 5.41 Å². The van der Waals surface area contributed by atoms with Gasteiger partial charge in [-0.05, 0) is 19.1 Å². The minimum atomic E-state index is -4.56. The molecule has 0 saturated carbocycles. The Morgan fingerprint density at radius 1 is 1.41 bits per heavy atom. The molecule has 17 heavy (non-hydrogen) atoms. The van der Waals surface area contributed by atoms with Crippen LogP contribution in [0.1, 0.15) is 6.92 Å². The molecule has 0 aromatic carbocycles. The Morgan fingerprint density at radius 3 is 2.41 bits per heavy atom. The number of nitrogens with one attached hydrogen (secondary N) is 2. The molecule has 0 heterocycles. The maximum Gasteiger partial charge on any atom is 0.430 e. The maximum absolute atomic E-state index is 12.3. The van der Waals surface area contributed by atoms with Crippen LogP contribution in [0.2, 0.25) is 0 Å². The van der Waals surface area contributed by atoms with Gasteiger partial charge in [-0.15, -0.1) is 0 Å². The average molecular weight is 250 g/mol. The second kappa shape index (κ2) is 6.72. The van der Waals surface area contributed by atoms with Gasteiger partial charge in [-0.3, -0.25) is 0 Å². The third-order valence-corrected chi connectivity index (χ3v) is 1.56. The van der Waals surface area contributed by atoms with E-state index >= 15 is 0 Å². The van der Waals surface area contributed by atoms with Gasteiger partial charge >= 0.3 is 12.1 Å². The average Bonchev–Trinajstić information content (AvgIpc) is 2.21. The number of allylic oxidation sites excluding steroid dienone is 3. The molecular formula is C10H13F3N2O2. The van der Waals surface area contributed by atoms with Crippen LogP contribution in [0.5, 0.6) is 0 Å². The lowest BCUT2D eigenvalue weighted by Gasteiger charge is -2.10. The highest BCUT2D eigenvalue weighted by molar-refractivity contribution is 6.05. The highest BCUT2D eigenvalue weighted by Crippen LogP contribution is 2.22. The van der Waals surface area contributed by atoms with Gasteiger partial charge < -0.3 is 15.5 Å². The summed E-state index contributed by atoms with van der Waals surface area (Å²) in [5.74, 6) is -0.705. The lowest BCUT2D eigenvalue weighted by atomic mass is 10.2. The molecule has 0 bridgehead atoms. The molecule has 0 aromatic rings. The van der Waals surface area contributed by atoms with Crippen molar-refractivity contribution in [3.8, 4) is 0 Å². The molecule has 0 rings (SSSR count). The van der Waals surface area contributed by atoms with Crippen molar-refractivity contribution in [1.82, 2.24) is 5.32 Å². The van der Waals surface area contributed by atoms with Crippen LogP contribution in [0.3, 0.4) is 0 Å². The van der Waals surface area contributed by atoms with Crippen molar-refractivity contribution < 1.29 is 22.7 Å². The summed E-state index contributed by atoms with van der Waals surface area (Å²) in [4.78, 5) is 10.8. The summed E-state index contributed by atoms with van der Waals surface area (Å²) < 4.78 is 41.3. The van der Waals surface area contributed by atoms with Crippen molar-refractivity contribution in [1.29, 1.82) is 5.41 Å². The molecule has 0 aliphatic rings. The highest BCUT2D eigenvalue weighted by atomic mass is 19.4. The number of rotatable bonds is 5. The van der Waals surface area contributed by atoms with Crippen molar-refractivity contribution in [2.45, 2.75) is 13.1 Å². The first-order valence-electron chi connectivity index (χ1n) is 4.71. The summed E-state index contributed by atoms with van der Waals surface area (Å²) in [7, 11) is 1.10. The van der Waals surface area contributed by atoms with Gasteiger partial charge in [0.25, 0.3) is 0 Å². The van der Waals surface area contributed by atoms with E-state index in [2.05, 4.69) is 4.74 Å². The predicted octanol–water partition coefficient (Wildman–Crippen LogP) is 1.79. The standard InChI is InChI=1S/C10H13F3N2O2/c1-3-17-9(16)5-4-7(14)6-8(15-2)10(11,12)13/h4-6,14-15H,3H2,1-2H3/b5-4+,8-6-,14-7?. The molecule has 0 radical (unpaired) electrons. The van der Waals surface area contributed by atoms with E-state index in [4.69, 9.17) is 5.41 Å². The van der Waals surface area contributed by atoms with Crippen molar-refractivity contribution in [3.05, 3.63) is 23.9 Å². The zero-order valence-corrected chi connectivity index (χ0v) is 9.39. The number of ether oxygens (including phenoxy) is 1. The van der Waals surface area contributed by atoms with E-state index in [1.54, 1.807) is 6.92 Å². The number of carbonyl (C=O) groups excluding carboxylic acids is 1. The maximum atomic E-state index is 12.3. The summed E-state index contributed by atoms with van der Waals surface area (Å²) >= 11 is 0. The zero-order valence-electron chi connectivity index (χ0n) is 9.39. The SMILES string of the molecule is CCOC(=O)/C=C/C(=N)/C=C(\NC)C(F)(F)F. The van der Waals surface area contributed by atoms with Crippen LogP contribution < -0.4 is 5.32 Å². The van der Waals surface area contributed by atoms with Crippen LogP contribution in [0.25, 0.3) is 0 Å². The predicted molar refractivity (Wildman–Crippen MR) is 56.7 cm³/mol. The lowest BCUT2D eigenvalue weighted by Crippen LogP contribution is -2.23. The second-order valence-electron chi connectivity index (χ2n) is 2.85. The Labute approximate surface area is 96.7 Å². The minimum absolute atomic E-state index is 0.163. The van der Waals surface area contributed by atoms with Gasteiger partial charge in [-0.25, -0.2) is 4.79 Å². The molecule has 0 aromatic heterocycles. The number of esters is 1. The summed E-state index contributed by atoms with van der Waals surface area (Å²) in [6, 6.07) is 0. The van der Waals surface area contributed by atoms with Gasteiger partial charge in [-0.1, -0.05) is 0 Å². The van der Waals surface area contributed by atoms with E-state index in [1.807, 2.05) is 5.32 Å². The molecule has 0 spiro atoms. The Kier molecular flexibility index (Phi) is 6.01. The quantitative estimate of drug-likeness (QED) is 0.444. The molecule has 96 valence electrons. The second-order valence-corrected chi connectivity index (χ2v) is 2.85. The van der Waals surface area contributed by atoms with Gasteiger partial charge in [0.15, 0.2) is 0 Å². The molecule has 4 nitrogen and oxygen atoms in total. The van der Waals surface area contributed by atoms with E-state index in [0.717, 1.165) is 19.2 Å². The van der Waals surface area contributed by atoms with Crippen molar-refractivity contribution >= 4 is 11.7 Å². The van der Waals surface area contributed by atoms with Crippen molar-refractivity contribution in [2.75, 3.05) is 13.7 Å². The monoisotopic (exact) mass is 250 g/mol. The smallest absolute Gasteiger partial charge is 0.430 e. The fourth-order valence-electron chi connectivity index (χ4n) is 0.848. The molecule has 0 fully saturated rings. The number of halogens is 3. The molecule has 0 saturated heterocycles. The molecule has 0 atom stereocenters. The van der Waals surface area contributed by atoms with E-state index in [1.165, 1.54) is 0 Å². The molecule has 0 unspecified atom stereocenters. The number of hydrogen-bond acceptors (Lipinski definition) is 4. The van der Waals surface area contributed by atoms with Crippen molar-refractivity contribution in [2.24, 2.45) is 0 Å². The summed E-state index contributed by atoms with van der Waals surface area (Å²) in [5.41, 5.74) is -1.52. The van der Waals surface area contributed by atoms with Crippen LogP contribution in [0.4, 0.5) is 13.2 Å². The van der Waals surface area contributed by atoms with Crippen LogP contribution >= 0.6 is 0 Å². The highest BCUT2D eigenvalue weighted by Gasteiger charge is 2.32. The Hall–Kier alpha value is -1.79. The lowest BCUT2D eigenvalue weighted by molar-refractivity contribution is -0.137. The van der Waals surface area contributed by atoms with Gasteiger partial charge in [-0.2, -0.15) is 13.2 Å². The number of alkyl halides is 3. The molecule has 7 heteroatoms. The van der Waals surface area contributed by atoms with Crippen LogP contribution in [-0.4, -0.2) is 31.5 Å². The number of hydrogen-bond donors (Lipinski definition) is 2. The number of carbonyl (C=O) groups is 1. The molecular weight excluding hydrogens is 237 g/mol. The van der Waals surface area contributed by atoms with Crippen LogP contribution in [-0.2, 0) is 9.53 Å². The Balaban J connectivity index is 4.63. The van der Waals surface area contributed by atoms with Crippen LogP contribution in [0.15, 0.2) is 23.9 Å². The Morgan fingerprint density at radius 2 is 2.00 bits per heavy atom. The topological polar surface area (TPSA) is 62.2 Å². The summed E-state index contributed by atoms with van der Waals surface area (Å²) in [5, 5.41) is 9.15. The molecule has 0 aliphatic heterocycles. The fraction of sp³-hybridized carbons (Fsp3) is 0.400. The first-order chi connectivity index (χ1) is 7.81. The van der Waals surface area contributed by atoms with E-state index in [9.17, 15) is 18.0 Å². The normalized spacial score (nSPS) is 12.6. The molecule has 2 N–H and O–H groups in total. The van der Waals surface area contributed by atoms with E-state index in [-0.39, 0.29) is 6.61 Å². The fourth-order valence-corrected chi connectivity index (χ4v) is 0.848. The third-order valence-electron chi connectivity index (χ3n) is 1.56. The first kappa shape index (κ1) is 15.2. The summed E-state index contributed by atoms with van der Waals surface area (Å²) in [6.45, 7) is 1.76. The Bertz CT molecular complexity index is 346. The van der Waals surface area contributed by atoms with Crippen molar-refractivity contribution in [3.63, 3.8) is 0 Å². The first-order valence-corrected chi connectivity index (χ1v) is 4.71. The largest absolute Gasteiger partial charge is 0.463 e.